The van der Waals surface area contributed by atoms with Gasteiger partial charge in [0.05, 0.1) is 11.6 Å². The van der Waals surface area contributed by atoms with Crippen LogP contribution in [0.15, 0.2) is 42.1 Å². The SMILES string of the molecule is CCCCCCCCCCCCCCCCOc1ccc(OCC(=O)NCCC2=CN(CC)CC=C2)c(Cl)c1. The summed E-state index contributed by atoms with van der Waals surface area (Å²) in [4.78, 5) is 14.4. The van der Waals surface area contributed by atoms with E-state index in [4.69, 9.17) is 21.1 Å². The Hall–Kier alpha value is -2.14. The zero-order chi connectivity index (χ0) is 28.0. The highest BCUT2D eigenvalue weighted by molar-refractivity contribution is 6.32. The van der Waals surface area contributed by atoms with E-state index in [9.17, 15) is 4.79 Å². The van der Waals surface area contributed by atoms with Crippen molar-refractivity contribution < 1.29 is 14.3 Å². The number of halogens is 1. The third kappa shape index (κ3) is 15.9. The first-order valence-electron chi connectivity index (χ1n) is 15.6. The Bertz CT molecular complexity index is 855. The molecule has 0 bridgehead atoms. The van der Waals surface area contributed by atoms with Crippen molar-refractivity contribution in [2.75, 3.05) is 32.8 Å². The van der Waals surface area contributed by atoms with Crippen LogP contribution in [-0.2, 0) is 4.79 Å². The van der Waals surface area contributed by atoms with Gasteiger partial charge in [-0.2, -0.15) is 0 Å². The van der Waals surface area contributed by atoms with Gasteiger partial charge in [0.15, 0.2) is 6.61 Å². The zero-order valence-corrected chi connectivity index (χ0v) is 25.4. The summed E-state index contributed by atoms with van der Waals surface area (Å²) in [6.07, 6.45) is 26.1. The summed E-state index contributed by atoms with van der Waals surface area (Å²) in [5, 5.41) is 3.37. The molecule has 0 spiro atoms. The Balaban J connectivity index is 1.46. The third-order valence-corrected chi connectivity index (χ3v) is 7.49. The van der Waals surface area contributed by atoms with Crippen LogP contribution in [0.2, 0.25) is 5.02 Å². The Morgan fingerprint density at radius 1 is 0.897 bits per heavy atom. The zero-order valence-electron chi connectivity index (χ0n) is 24.7. The summed E-state index contributed by atoms with van der Waals surface area (Å²) in [6, 6.07) is 5.39. The molecule has 1 N–H and O–H groups in total. The number of unbranched alkanes of at least 4 members (excludes halogenated alkanes) is 13. The first-order valence-corrected chi connectivity index (χ1v) is 15.9. The smallest absolute Gasteiger partial charge is 0.257 e. The van der Waals surface area contributed by atoms with Crippen molar-refractivity contribution in [1.82, 2.24) is 10.2 Å². The summed E-state index contributed by atoms with van der Waals surface area (Å²) in [5.41, 5.74) is 1.22. The summed E-state index contributed by atoms with van der Waals surface area (Å²) in [7, 11) is 0. The lowest BCUT2D eigenvalue weighted by Crippen LogP contribution is -2.30. The fraction of sp³-hybridized carbons (Fsp3) is 0.667. The molecule has 1 aliphatic rings. The molecule has 1 heterocycles. The van der Waals surface area contributed by atoms with E-state index in [1.54, 1.807) is 12.1 Å². The molecule has 0 saturated carbocycles. The molecule has 0 fully saturated rings. The minimum atomic E-state index is -0.156. The van der Waals surface area contributed by atoms with Crippen LogP contribution >= 0.6 is 11.6 Å². The third-order valence-electron chi connectivity index (χ3n) is 7.19. The van der Waals surface area contributed by atoms with Gasteiger partial charge in [0, 0.05) is 31.9 Å². The molecule has 6 heteroatoms. The maximum atomic E-state index is 12.2. The highest BCUT2D eigenvalue weighted by Gasteiger charge is 2.09. The summed E-state index contributed by atoms with van der Waals surface area (Å²) in [6.45, 7) is 7.56. The van der Waals surface area contributed by atoms with E-state index in [1.165, 1.54) is 89.0 Å². The molecule has 1 aromatic rings. The molecule has 0 aromatic heterocycles. The van der Waals surface area contributed by atoms with E-state index in [2.05, 4.69) is 42.4 Å². The van der Waals surface area contributed by atoms with Crippen LogP contribution in [0, 0.1) is 0 Å². The van der Waals surface area contributed by atoms with Gasteiger partial charge in [-0.05, 0) is 37.5 Å². The number of amides is 1. The van der Waals surface area contributed by atoms with E-state index in [0.29, 0.717) is 23.9 Å². The molecular weight excluding hydrogens is 508 g/mol. The van der Waals surface area contributed by atoms with Crippen molar-refractivity contribution in [2.45, 2.75) is 110 Å². The number of carbonyl (C=O) groups excluding carboxylic acids is 1. The Morgan fingerprint density at radius 3 is 2.15 bits per heavy atom. The molecule has 0 radical (unpaired) electrons. The van der Waals surface area contributed by atoms with Crippen LogP contribution in [0.1, 0.15) is 110 Å². The number of allylic oxidation sites excluding steroid dienone is 1. The topological polar surface area (TPSA) is 50.8 Å². The number of ether oxygens (including phenoxy) is 2. The number of rotatable bonds is 23. The Kier molecular flexibility index (Phi) is 18.4. The molecule has 1 aromatic carbocycles. The van der Waals surface area contributed by atoms with Gasteiger partial charge < -0.3 is 19.7 Å². The molecular formula is C33H53ClN2O3. The van der Waals surface area contributed by atoms with E-state index < -0.39 is 0 Å². The van der Waals surface area contributed by atoms with Crippen LogP contribution in [-0.4, -0.2) is 43.7 Å². The van der Waals surface area contributed by atoms with Crippen molar-refractivity contribution in [1.29, 1.82) is 0 Å². The molecule has 0 aliphatic carbocycles. The van der Waals surface area contributed by atoms with Gasteiger partial charge in [0.2, 0.25) is 0 Å². The molecule has 1 amide bonds. The number of hydrogen-bond donors (Lipinski definition) is 1. The van der Waals surface area contributed by atoms with Crippen molar-refractivity contribution in [2.24, 2.45) is 0 Å². The average Bonchev–Trinajstić information content (AvgIpc) is 2.94. The lowest BCUT2D eigenvalue weighted by atomic mass is 10.0. The highest BCUT2D eigenvalue weighted by atomic mass is 35.5. The molecule has 2 rings (SSSR count). The number of benzene rings is 1. The van der Waals surface area contributed by atoms with Gasteiger partial charge >= 0.3 is 0 Å². The lowest BCUT2D eigenvalue weighted by Gasteiger charge is -2.21. The standard InChI is InChI=1S/C33H53ClN2O3/c1-3-5-6-7-8-9-10-11-12-13-14-15-16-17-25-38-30-20-21-32(31(34)26-30)39-28-33(37)35-23-22-29-19-18-24-36(4-2)27-29/h18-21,26-27H,3-17,22-25,28H2,1-2H3,(H,35,37). The second kappa shape index (κ2) is 21.7. The molecule has 39 heavy (non-hydrogen) atoms. The predicted molar refractivity (Wildman–Crippen MR) is 165 cm³/mol. The van der Waals surface area contributed by atoms with E-state index in [1.807, 2.05) is 6.07 Å². The van der Waals surface area contributed by atoms with E-state index in [0.717, 1.165) is 31.7 Å². The van der Waals surface area contributed by atoms with E-state index in [-0.39, 0.29) is 12.5 Å². The van der Waals surface area contributed by atoms with E-state index >= 15 is 0 Å². The minimum absolute atomic E-state index is 0.0606. The summed E-state index contributed by atoms with van der Waals surface area (Å²) >= 11 is 6.36. The van der Waals surface area contributed by atoms with Crippen LogP contribution in [0.3, 0.4) is 0 Å². The maximum absolute atomic E-state index is 12.2. The van der Waals surface area contributed by atoms with Gasteiger partial charge in [0.1, 0.15) is 11.5 Å². The van der Waals surface area contributed by atoms with Crippen LogP contribution < -0.4 is 14.8 Å². The number of nitrogens with zero attached hydrogens (tertiary/aromatic N) is 1. The van der Waals surface area contributed by atoms with Crippen molar-refractivity contribution in [3.8, 4) is 11.5 Å². The number of carbonyl (C=O) groups is 1. The van der Waals surface area contributed by atoms with Crippen molar-refractivity contribution in [3.63, 3.8) is 0 Å². The second-order valence-electron chi connectivity index (χ2n) is 10.6. The molecule has 0 unspecified atom stereocenters. The summed E-state index contributed by atoms with van der Waals surface area (Å²) in [5.74, 6) is 1.07. The average molecular weight is 561 g/mol. The van der Waals surface area contributed by atoms with Gasteiger partial charge in [-0.3, -0.25) is 4.79 Å². The van der Waals surface area contributed by atoms with Crippen molar-refractivity contribution in [3.05, 3.63) is 47.1 Å². The maximum Gasteiger partial charge on any atom is 0.257 e. The van der Waals surface area contributed by atoms with Gasteiger partial charge in [-0.1, -0.05) is 114 Å². The highest BCUT2D eigenvalue weighted by Crippen LogP contribution is 2.29. The Morgan fingerprint density at radius 2 is 1.54 bits per heavy atom. The lowest BCUT2D eigenvalue weighted by molar-refractivity contribution is -0.123. The first-order chi connectivity index (χ1) is 19.1. The normalized spacial score (nSPS) is 12.9. The van der Waals surface area contributed by atoms with Crippen LogP contribution in [0.5, 0.6) is 11.5 Å². The Labute approximate surface area is 243 Å². The van der Waals surface area contributed by atoms with Crippen LogP contribution in [0.25, 0.3) is 0 Å². The molecule has 0 saturated heterocycles. The molecule has 5 nitrogen and oxygen atoms in total. The first kappa shape index (κ1) is 33.1. The second-order valence-corrected chi connectivity index (χ2v) is 11.0. The minimum Gasteiger partial charge on any atom is -0.494 e. The molecule has 0 atom stereocenters. The van der Waals surface area contributed by atoms with Gasteiger partial charge in [0.25, 0.3) is 5.91 Å². The summed E-state index contributed by atoms with van der Waals surface area (Å²) < 4.78 is 11.5. The molecule has 1 aliphatic heterocycles. The number of nitrogens with one attached hydrogen (secondary N) is 1. The molecule has 220 valence electrons. The fourth-order valence-corrected chi connectivity index (χ4v) is 4.98. The van der Waals surface area contributed by atoms with Crippen molar-refractivity contribution >= 4 is 17.5 Å². The number of likely N-dealkylation sites (N-methyl/N-ethyl adjacent to an activating group) is 1. The van der Waals surface area contributed by atoms with Crippen LogP contribution in [0.4, 0.5) is 0 Å². The van der Waals surface area contributed by atoms with Gasteiger partial charge in [-0.15, -0.1) is 0 Å². The predicted octanol–water partition coefficient (Wildman–Crippen LogP) is 8.86. The largest absolute Gasteiger partial charge is 0.494 e. The number of hydrogen-bond acceptors (Lipinski definition) is 4. The van der Waals surface area contributed by atoms with Gasteiger partial charge in [-0.25, -0.2) is 0 Å². The quantitative estimate of drug-likeness (QED) is 0.136. The fourth-order valence-electron chi connectivity index (χ4n) is 4.75. The monoisotopic (exact) mass is 560 g/mol.